The van der Waals surface area contributed by atoms with Crippen LogP contribution in [0.3, 0.4) is 0 Å². The molecule has 18 heavy (non-hydrogen) atoms. The second kappa shape index (κ2) is 5.32. The number of hydrogen-bond acceptors (Lipinski definition) is 5. The van der Waals surface area contributed by atoms with Crippen LogP contribution >= 0.6 is 15.9 Å². The van der Waals surface area contributed by atoms with Gasteiger partial charge in [0.05, 0.1) is 5.56 Å². The van der Waals surface area contributed by atoms with Gasteiger partial charge in [0.15, 0.2) is 0 Å². The van der Waals surface area contributed by atoms with Crippen molar-refractivity contribution in [1.29, 1.82) is 0 Å². The van der Waals surface area contributed by atoms with Gasteiger partial charge in [-0.05, 0) is 37.6 Å². The zero-order valence-electron chi connectivity index (χ0n) is 10.1. The number of hydrazine groups is 1. The SMILES string of the molecule is Cc1cc(Br)ccc1Oc1ncnc(NN)c1C. The minimum absolute atomic E-state index is 0.489. The number of rotatable bonds is 3. The van der Waals surface area contributed by atoms with Crippen molar-refractivity contribution in [1.82, 2.24) is 9.97 Å². The van der Waals surface area contributed by atoms with E-state index in [1.165, 1.54) is 6.33 Å². The molecular weight excluding hydrogens is 296 g/mol. The van der Waals surface area contributed by atoms with Crippen LogP contribution < -0.4 is 16.0 Å². The van der Waals surface area contributed by atoms with Crippen molar-refractivity contribution in [2.75, 3.05) is 5.43 Å². The fraction of sp³-hybridized carbons (Fsp3) is 0.167. The van der Waals surface area contributed by atoms with Gasteiger partial charge in [-0.3, -0.25) is 0 Å². The molecule has 0 fully saturated rings. The lowest BCUT2D eigenvalue weighted by Crippen LogP contribution is -2.11. The van der Waals surface area contributed by atoms with Crippen LogP contribution in [-0.4, -0.2) is 9.97 Å². The van der Waals surface area contributed by atoms with Crippen LogP contribution in [0.5, 0.6) is 11.6 Å². The van der Waals surface area contributed by atoms with Crippen molar-refractivity contribution in [3.8, 4) is 11.6 Å². The molecule has 0 spiro atoms. The van der Waals surface area contributed by atoms with Crippen LogP contribution in [0.25, 0.3) is 0 Å². The van der Waals surface area contributed by atoms with Crippen LogP contribution in [0.4, 0.5) is 5.82 Å². The van der Waals surface area contributed by atoms with Crippen molar-refractivity contribution in [3.05, 3.63) is 40.1 Å². The van der Waals surface area contributed by atoms with E-state index >= 15 is 0 Å². The topological polar surface area (TPSA) is 73.1 Å². The van der Waals surface area contributed by atoms with Crippen LogP contribution in [0, 0.1) is 13.8 Å². The van der Waals surface area contributed by atoms with Crippen LogP contribution in [-0.2, 0) is 0 Å². The summed E-state index contributed by atoms with van der Waals surface area (Å²) in [4.78, 5) is 8.11. The molecule has 0 radical (unpaired) electrons. The summed E-state index contributed by atoms with van der Waals surface area (Å²) in [6, 6.07) is 5.78. The lowest BCUT2D eigenvalue weighted by molar-refractivity contribution is 0.454. The van der Waals surface area contributed by atoms with Gasteiger partial charge in [-0.25, -0.2) is 15.8 Å². The third kappa shape index (κ3) is 2.60. The minimum atomic E-state index is 0.489. The lowest BCUT2D eigenvalue weighted by atomic mass is 10.2. The summed E-state index contributed by atoms with van der Waals surface area (Å²) in [5, 5.41) is 0. The predicted molar refractivity (Wildman–Crippen MR) is 73.5 cm³/mol. The van der Waals surface area contributed by atoms with E-state index in [0.29, 0.717) is 11.7 Å². The Kier molecular flexibility index (Phi) is 3.78. The molecule has 2 aromatic rings. The highest BCUT2D eigenvalue weighted by Gasteiger charge is 2.09. The molecule has 0 aliphatic carbocycles. The van der Waals surface area contributed by atoms with E-state index in [4.69, 9.17) is 10.6 Å². The Morgan fingerprint density at radius 3 is 2.72 bits per heavy atom. The number of benzene rings is 1. The molecule has 6 heteroatoms. The summed E-state index contributed by atoms with van der Waals surface area (Å²) in [6.45, 7) is 3.82. The van der Waals surface area contributed by atoms with Crippen LogP contribution in [0.2, 0.25) is 0 Å². The maximum absolute atomic E-state index is 5.77. The smallest absolute Gasteiger partial charge is 0.227 e. The van der Waals surface area contributed by atoms with Gasteiger partial charge in [-0.2, -0.15) is 0 Å². The molecule has 3 N–H and O–H groups in total. The van der Waals surface area contributed by atoms with E-state index in [1.807, 2.05) is 32.0 Å². The molecule has 94 valence electrons. The number of nitrogens with two attached hydrogens (primary N) is 1. The van der Waals surface area contributed by atoms with Crippen molar-refractivity contribution >= 4 is 21.7 Å². The predicted octanol–water partition coefficient (Wildman–Crippen LogP) is 2.93. The molecule has 0 amide bonds. The van der Waals surface area contributed by atoms with Gasteiger partial charge in [-0.1, -0.05) is 15.9 Å². The largest absolute Gasteiger partial charge is 0.438 e. The highest BCUT2D eigenvalue weighted by Crippen LogP contribution is 2.29. The number of aromatic nitrogens is 2. The molecule has 0 bridgehead atoms. The van der Waals surface area contributed by atoms with Gasteiger partial charge >= 0.3 is 0 Å². The number of nitrogen functional groups attached to an aromatic ring is 1. The first-order valence-corrected chi connectivity index (χ1v) is 6.13. The second-order valence-electron chi connectivity index (χ2n) is 3.81. The average Bonchev–Trinajstić information content (AvgIpc) is 2.35. The van der Waals surface area contributed by atoms with Gasteiger partial charge in [0.2, 0.25) is 5.88 Å². The number of nitrogens with zero attached hydrogens (tertiary/aromatic N) is 2. The summed E-state index contributed by atoms with van der Waals surface area (Å²) in [5.74, 6) is 7.15. The first-order valence-electron chi connectivity index (χ1n) is 5.34. The average molecular weight is 309 g/mol. The van der Waals surface area contributed by atoms with Crippen molar-refractivity contribution in [3.63, 3.8) is 0 Å². The molecule has 0 aliphatic rings. The van der Waals surface area contributed by atoms with E-state index in [-0.39, 0.29) is 0 Å². The Morgan fingerprint density at radius 2 is 2.06 bits per heavy atom. The molecule has 0 unspecified atom stereocenters. The summed E-state index contributed by atoms with van der Waals surface area (Å²) in [6.07, 6.45) is 1.41. The third-order valence-electron chi connectivity index (χ3n) is 2.52. The van der Waals surface area contributed by atoms with Crippen molar-refractivity contribution in [2.45, 2.75) is 13.8 Å². The van der Waals surface area contributed by atoms with E-state index in [2.05, 4.69) is 31.3 Å². The zero-order chi connectivity index (χ0) is 13.1. The first-order chi connectivity index (χ1) is 8.61. The maximum Gasteiger partial charge on any atom is 0.227 e. The maximum atomic E-state index is 5.77. The molecule has 1 aromatic carbocycles. The molecule has 0 saturated heterocycles. The lowest BCUT2D eigenvalue weighted by Gasteiger charge is -2.11. The minimum Gasteiger partial charge on any atom is -0.438 e. The van der Waals surface area contributed by atoms with Gasteiger partial charge in [0.25, 0.3) is 0 Å². The van der Waals surface area contributed by atoms with Gasteiger partial charge in [-0.15, -0.1) is 0 Å². The monoisotopic (exact) mass is 308 g/mol. The zero-order valence-corrected chi connectivity index (χ0v) is 11.7. The van der Waals surface area contributed by atoms with E-state index in [9.17, 15) is 0 Å². The Morgan fingerprint density at radius 1 is 1.28 bits per heavy atom. The molecule has 0 atom stereocenters. The fourth-order valence-electron chi connectivity index (χ4n) is 1.51. The molecule has 1 aromatic heterocycles. The Labute approximate surface area is 113 Å². The Balaban J connectivity index is 2.34. The number of halogens is 1. The highest BCUT2D eigenvalue weighted by molar-refractivity contribution is 9.10. The molecule has 5 nitrogen and oxygen atoms in total. The Bertz CT molecular complexity index is 574. The Hall–Kier alpha value is -1.66. The summed E-state index contributed by atoms with van der Waals surface area (Å²) < 4.78 is 6.78. The molecule has 1 heterocycles. The second-order valence-corrected chi connectivity index (χ2v) is 4.72. The van der Waals surface area contributed by atoms with Gasteiger partial charge < -0.3 is 10.2 Å². The van der Waals surface area contributed by atoms with E-state index < -0.39 is 0 Å². The summed E-state index contributed by atoms with van der Waals surface area (Å²) >= 11 is 3.41. The number of nitrogens with one attached hydrogen (secondary N) is 1. The van der Waals surface area contributed by atoms with E-state index in [0.717, 1.165) is 21.3 Å². The van der Waals surface area contributed by atoms with Crippen LogP contribution in [0.15, 0.2) is 29.0 Å². The molecule has 2 rings (SSSR count). The first kappa shape index (κ1) is 12.8. The number of hydrogen-bond donors (Lipinski definition) is 2. The number of ether oxygens (including phenoxy) is 1. The summed E-state index contributed by atoms with van der Waals surface area (Å²) in [7, 11) is 0. The number of anilines is 1. The van der Waals surface area contributed by atoms with Gasteiger partial charge in [0, 0.05) is 4.47 Å². The third-order valence-corrected chi connectivity index (χ3v) is 3.01. The van der Waals surface area contributed by atoms with Crippen LogP contribution in [0.1, 0.15) is 11.1 Å². The molecular formula is C12H13BrN4O. The van der Waals surface area contributed by atoms with Gasteiger partial charge in [0.1, 0.15) is 17.9 Å². The fourth-order valence-corrected chi connectivity index (χ4v) is 1.99. The highest BCUT2D eigenvalue weighted by atomic mass is 79.9. The van der Waals surface area contributed by atoms with Crippen molar-refractivity contribution in [2.24, 2.45) is 5.84 Å². The van der Waals surface area contributed by atoms with E-state index in [1.54, 1.807) is 0 Å². The standard InChI is InChI=1S/C12H13BrN4O/c1-7-5-9(13)3-4-10(7)18-12-8(2)11(17-14)15-6-16-12/h3-6H,14H2,1-2H3,(H,15,16,17). The summed E-state index contributed by atoms with van der Waals surface area (Å²) in [5.41, 5.74) is 4.29. The normalized spacial score (nSPS) is 10.2. The quantitative estimate of drug-likeness (QED) is 0.673. The molecule has 0 aliphatic heterocycles. The number of aryl methyl sites for hydroxylation is 1. The van der Waals surface area contributed by atoms with Crippen molar-refractivity contribution < 1.29 is 4.74 Å². The molecule has 0 saturated carbocycles.